The minimum Gasteiger partial charge on any atom is -0.503 e. The van der Waals surface area contributed by atoms with E-state index in [1.807, 2.05) is 42.5 Å². The predicted octanol–water partition coefficient (Wildman–Crippen LogP) is 5.64. The van der Waals surface area contributed by atoms with Gasteiger partial charge in [0.2, 0.25) is 5.78 Å². The molecule has 8 nitrogen and oxygen atoms in total. The van der Waals surface area contributed by atoms with Crippen molar-refractivity contribution in [2.75, 3.05) is 11.5 Å². The number of aliphatic hydroxyl groups is 1. The van der Waals surface area contributed by atoms with Crippen molar-refractivity contribution in [1.29, 1.82) is 0 Å². The van der Waals surface area contributed by atoms with E-state index in [1.54, 1.807) is 27.7 Å². The van der Waals surface area contributed by atoms with Crippen LogP contribution < -0.4 is 4.90 Å². The number of Topliss-reactive ketones (excluding diaryl/α,β-unsaturated/α-hetero) is 1. The molecule has 0 radical (unpaired) electrons. The molecule has 2 aromatic heterocycles. The van der Waals surface area contributed by atoms with Gasteiger partial charge in [0.05, 0.1) is 39.5 Å². The Morgan fingerprint density at radius 3 is 2.41 bits per heavy atom. The maximum Gasteiger partial charge on any atom is 0.350 e. The number of hydrogen-bond donors (Lipinski definition) is 1. The van der Waals surface area contributed by atoms with Crippen LogP contribution in [0.2, 0.25) is 0 Å². The summed E-state index contributed by atoms with van der Waals surface area (Å²) in [5.74, 6) is -2.40. The number of nitrogens with zero attached hydrogens (tertiary/aromatic N) is 3. The largest absolute Gasteiger partial charge is 0.503 e. The molecule has 10 heteroatoms. The van der Waals surface area contributed by atoms with Crippen LogP contribution in [0.25, 0.3) is 10.8 Å². The standard InChI is InChI=1S/C27H23N3O5S2/c1-5-35-26(34)24-14(3)29-27(37-24)30-20(18-12-8-10-16-9-6-7-11-17(16)18)19(22(32)25(30)33)21(31)23-13(2)28-15(4)36-23/h6-12,20,32H,5H2,1-4H3. The fourth-order valence-electron chi connectivity index (χ4n) is 4.55. The Hall–Kier alpha value is -3.89. The summed E-state index contributed by atoms with van der Waals surface area (Å²) < 4.78 is 5.14. The summed E-state index contributed by atoms with van der Waals surface area (Å²) in [6, 6.07) is 12.3. The first-order valence-corrected chi connectivity index (χ1v) is 13.2. The van der Waals surface area contributed by atoms with E-state index in [0.29, 0.717) is 26.8 Å². The lowest BCUT2D eigenvalue weighted by Gasteiger charge is -2.25. The normalized spacial score (nSPS) is 15.6. The highest BCUT2D eigenvalue weighted by Gasteiger charge is 2.47. The van der Waals surface area contributed by atoms with Crippen LogP contribution in [0.4, 0.5) is 5.13 Å². The van der Waals surface area contributed by atoms with Gasteiger partial charge in [0.15, 0.2) is 10.9 Å². The van der Waals surface area contributed by atoms with Crippen LogP contribution >= 0.6 is 22.7 Å². The molecule has 0 spiro atoms. The number of fused-ring (bicyclic) bond motifs is 1. The number of carbonyl (C=O) groups excluding carboxylic acids is 3. The zero-order valence-corrected chi connectivity index (χ0v) is 22.2. The highest BCUT2D eigenvalue weighted by molar-refractivity contribution is 7.17. The van der Waals surface area contributed by atoms with Gasteiger partial charge in [-0.15, -0.1) is 11.3 Å². The fraction of sp³-hybridized carbons (Fsp3) is 0.222. The predicted molar refractivity (Wildman–Crippen MR) is 143 cm³/mol. The van der Waals surface area contributed by atoms with Gasteiger partial charge in [-0.1, -0.05) is 53.8 Å². The van der Waals surface area contributed by atoms with E-state index in [4.69, 9.17) is 4.74 Å². The van der Waals surface area contributed by atoms with Crippen molar-refractivity contribution in [2.24, 2.45) is 0 Å². The monoisotopic (exact) mass is 533 g/mol. The number of thiazole rings is 2. The smallest absolute Gasteiger partial charge is 0.350 e. The van der Waals surface area contributed by atoms with Crippen molar-refractivity contribution in [1.82, 2.24) is 9.97 Å². The van der Waals surface area contributed by atoms with Crippen molar-refractivity contribution < 1.29 is 24.2 Å². The molecule has 3 heterocycles. The van der Waals surface area contributed by atoms with Gasteiger partial charge >= 0.3 is 5.97 Å². The molecule has 0 saturated heterocycles. The minimum absolute atomic E-state index is 0.0429. The third kappa shape index (κ3) is 4.11. The lowest BCUT2D eigenvalue weighted by molar-refractivity contribution is -0.117. The van der Waals surface area contributed by atoms with Gasteiger partial charge in [-0.2, -0.15) is 0 Å². The van der Waals surface area contributed by atoms with Crippen molar-refractivity contribution in [3.8, 4) is 0 Å². The number of aromatic nitrogens is 2. The third-order valence-corrected chi connectivity index (χ3v) is 8.34. The topological polar surface area (TPSA) is 110 Å². The Morgan fingerprint density at radius 1 is 1.00 bits per heavy atom. The Balaban J connectivity index is 1.73. The van der Waals surface area contributed by atoms with Gasteiger partial charge in [-0.3, -0.25) is 14.5 Å². The molecule has 188 valence electrons. The van der Waals surface area contributed by atoms with E-state index >= 15 is 0 Å². The quantitative estimate of drug-likeness (QED) is 0.252. The number of aliphatic hydroxyl groups excluding tert-OH is 1. The molecule has 0 fully saturated rings. The first-order chi connectivity index (χ1) is 17.7. The Labute approximate surface area is 220 Å². The molecule has 37 heavy (non-hydrogen) atoms. The number of ketones is 1. The zero-order chi connectivity index (χ0) is 26.4. The second kappa shape index (κ2) is 9.53. The lowest BCUT2D eigenvalue weighted by Crippen LogP contribution is -2.31. The van der Waals surface area contributed by atoms with Gasteiger partial charge in [0, 0.05) is 0 Å². The van der Waals surface area contributed by atoms with E-state index in [9.17, 15) is 19.5 Å². The molecular formula is C27H23N3O5S2. The summed E-state index contributed by atoms with van der Waals surface area (Å²) >= 11 is 2.21. The van der Waals surface area contributed by atoms with Crippen LogP contribution in [-0.4, -0.2) is 39.3 Å². The number of ether oxygens (including phenoxy) is 1. The molecule has 0 aliphatic carbocycles. The summed E-state index contributed by atoms with van der Waals surface area (Å²) in [7, 11) is 0. The van der Waals surface area contributed by atoms with E-state index in [-0.39, 0.29) is 22.2 Å². The highest BCUT2D eigenvalue weighted by atomic mass is 32.1. The average molecular weight is 534 g/mol. The fourth-order valence-corrected chi connectivity index (χ4v) is 6.41. The van der Waals surface area contributed by atoms with Gasteiger partial charge in [0.1, 0.15) is 4.88 Å². The molecule has 1 amide bonds. The molecular weight excluding hydrogens is 510 g/mol. The number of anilines is 1. The molecule has 0 bridgehead atoms. The SMILES string of the molecule is CCOC(=O)c1sc(N2C(=O)C(O)=C(C(=O)c3sc(C)nc3C)C2c2cccc3ccccc23)nc1C. The second-order valence-electron chi connectivity index (χ2n) is 8.52. The van der Waals surface area contributed by atoms with Crippen LogP contribution in [0.3, 0.4) is 0 Å². The average Bonchev–Trinajstić information content (AvgIpc) is 3.51. The van der Waals surface area contributed by atoms with Crippen molar-refractivity contribution in [3.63, 3.8) is 0 Å². The Bertz CT molecular complexity index is 1610. The van der Waals surface area contributed by atoms with Gasteiger partial charge in [0.25, 0.3) is 5.91 Å². The van der Waals surface area contributed by atoms with Gasteiger partial charge in [-0.05, 0) is 44.0 Å². The van der Waals surface area contributed by atoms with E-state index < -0.39 is 29.5 Å². The highest BCUT2D eigenvalue weighted by Crippen LogP contribution is 2.46. The number of aryl methyl sites for hydroxylation is 3. The lowest BCUT2D eigenvalue weighted by atomic mass is 9.91. The molecule has 1 aliphatic heterocycles. The van der Waals surface area contributed by atoms with E-state index in [0.717, 1.165) is 22.1 Å². The maximum absolute atomic E-state index is 13.9. The molecule has 0 saturated carbocycles. The van der Waals surface area contributed by atoms with E-state index in [1.165, 1.54) is 16.2 Å². The minimum atomic E-state index is -0.964. The zero-order valence-electron chi connectivity index (χ0n) is 20.6. The summed E-state index contributed by atoms with van der Waals surface area (Å²) in [5.41, 5.74) is 1.54. The number of amides is 1. The first kappa shape index (κ1) is 24.8. The molecule has 4 aromatic rings. The van der Waals surface area contributed by atoms with Gasteiger partial charge < -0.3 is 9.84 Å². The number of benzene rings is 2. The first-order valence-electron chi connectivity index (χ1n) is 11.6. The van der Waals surface area contributed by atoms with Crippen LogP contribution in [0, 0.1) is 20.8 Å². The Morgan fingerprint density at radius 2 is 1.70 bits per heavy atom. The van der Waals surface area contributed by atoms with E-state index in [2.05, 4.69) is 9.97 Å². The molecule has 2 aromatic carbocycles. The van der Waals surface area contributed by atoms with Crippen LogP contribution in [-0.2, 0) is 9.53 Å². The van der Waals surface area contributed by atoms with Crippen LogP contribution in [0.15, 0.2) is 53.8 Å². The van der Waals surface area contributed by atoms with Crippen molar-refractivity contribution >= 4 is 56.2 Å². The third-order valence-electron chi connectivity index (χ3n) is 6.13. The van der Waals surface area contributed by atoms with Crippen molar-refractivity contribution in [2.45, 2.75) is 33.7 Å². The van der Waals surface area contributed by atoms with Crippen LogP contribution in [0.5, 0.6) is 0 Å². The number of rotatable bonds is 6. The summed E-state index contributed by atoms with van der Waals surface area (Å²) in [4.78, 5) is 50.7. The summed E-state index contributed by atoms with van der Waals surface area (Å²) in [5, 5.41) is 13.8. The van der Waals surface area contributed by atoms with Crippen LogP contribution in [0.1, 0.15) is 54.3 Å². The number of esters is 1. The summed E-state index contributed by atoms with van der Waals surface area (Å²) in [6.45, 7) is 7.08. The van der Waals surface area contributed by atoms with Gasteiger partial charge in [-0.25, -0.2) is 14.8 Å². The van der Waals surface area contributed by atoms with Crippen molar-refractivity contribution in [3.05, 3.63) is 85.5 Å². The molecule has 5 rings (SSSR count). The molecule has 1 atom stereocenters. The molecule has 1 aliphatic rings. The Kier molecular flexibility index (Phi) is 6.38. The second-order valence-corrected chi connectivity index (χ2v) is 10.7. The molecule has 1 N–H and O–H groups in total. The molecule has 1 unspecified atom stereocenters. The summed E-state index contributed by atoms with van der Waals surface area (Å²) in [6.07, 6.45) is 0. The number of carbonyl (C=O) groups is 3. The number of hydrogen-bond acceptors (Lipinski definition) is 9. The maximum atomic E-state index is 13.9.